The van der Waals surface area contributed by atoms with Crippen molar-refractivity contribution in [3.63, 3.8) is 0 Å². The molecule has 0 unspecified atom stereocenters. The first-order valence-corrected chi connectivity index (χ1v) is 5.07. The quantitative estimate of drug-likeness (QED) is 0.678. The molecule has 0 saturated carbocycles. The van der Waals surface area contributed by atoms with Crippen molar-refractivity contribution in [3.05, 3.63) is 29.8 Å². The summed E-state index contributed by atoms with van der Waals surface area (Å²) in [7, 11) is 0. The van der Waals surface area contributed by atoms with Crippen LogP contribution in [0, 0.1) is 6.92 Å². The minimum Gasteiger partial charge on any atom is -0.382 e. The third-order valence-electron chi connectivity index (χ3n) is 2.47. The van der Waals surface area contributed by atoms with Crippen molar-refractivity contribution in [2.75, 3.05) is 5.73 Å². The van der Waals surface area contributed by atoms with E-state index < -0.39 is 0 Å². The number of fused-ring (bicyclic) bond motifs is 1. The summed E-state index contributed by atoms with van der Waals surface area (Å²) in [5, 5.41) is 7.24. The number of nitrogens with two attached hydrogens (primary N) is 1. The van der Waals surface area contributed by atoms with Gasteiger partial charge in [0.2, 0.25) is 11.3 Å². The number of hydrogen-bond donors (Lipinski definition) is 1. The lowest BCUT2D eigenvalue weighted by Gasteiger charge is -2.03. The Bertz CT molecular complexity index is 674. The first kappa shape index (κ1) is 9.71. The van der Waals surface area contributed by atoms with Crippen molar-refractivity contribution in [2.24, 2.45) is 0 Å². The zero-order valence-corrected chi connectivity index (χ0v) is 9.08. The second kappa shape index (κ2) is 3.51. The highest BCUT2D eigenvalue weighted by Gasteiger charge is 2.11. The average molecular weight is 227 g/mol. The molecule has 0 fully saturated rings. The van der Waals surface area contributed by atoms with Gasteiger partial charge >= 0.3 is 0 Å². The van der Waals surface area contributed by atoms with Crippen molar-refractivity contribution in [1.29, 1.82) is 0 Å². The fraction of sp³-hybridized carbons (Fsp3) is 0.0909. The van der Waals surface area contributed by atoms with E-state index in [1.54, 1.807) is 0 Å². The molecule has 2 N–H and O–H groups in total. The fourth-order valence-corrected chi connectivity index (χ4v) is 1.57. The molecule has 6 heteroatoms. The molecule has 0 saturated heterocycles. The summed E-state index contributed by atoms with van der Waals surface area (Å²) >= 11 is 0. The molecule has 17 heavy (non-hydrogen) atoms. The maximum absolute atomic E-state index is 5.83. The van der Waals surface area contributed by atoms with Crippen LogP contribution in [-0.4, -0.2) is 20.3 Å². The molecule has 0 amide bonds. The third-order valence-corrected chi connectivity index (χ3v) is 2.47. The monoisotopic (exact) mass is 227 g/mol. The van der Waals surface area contributed by atoms with Gasteiger partial charge in [-0.1, -0.05) is 29.8 Å². The van der Waals surface area contributed by atoms with Crippen molar-refractivity contribution in [2.45, 2.75) is 6.92 Å². The van der Waals surface area contributed by atoms with Crippen LogP contribution in [0.25, 0.3) is 22.6 Å². The Balaban J connectivity index is 2.21. The number of anilines is 1. The number of benzene rings is 1. The van der Waals surface area contributed by atoms with Gasteiger partial charge in [-0.2, -0.15) is 0 Å². The highest BCUT2D eigenvalue weighted by molar-refractivity contribution is 5.77. The van der Waals surface area contributed by atoms with Crippen LogP contribution < -0.4 is 5.73 Å². The van der Waals surface area contributed by atoms with Crippen LogP contribution in [0.2, 0.25) is 0 Å². The van der Waals surface area contributed by atoms with Gasteiger partial charge in [0.15, 0.2) is 5.82 Å². The van der Waals surface area contributed by atoms with E-state index in [4.69, 9.17) is 5.73 Å². The summed E-state index contributed by atoms with van der Waals surface area (Å²) in [6, 6.07) is 7.85. The Labute approximate surface area is 96.5 Å². The molecular weight excluding hydrogens is 218 g/mol. The van der Waals surface area contributed by atoms with Crippen LogP contribution in [0.15, 0.2) is 28.9 Å². The van der Waals surface area contributed by atoms with E-state index >= 15 is 0 Å². The summed E-state index contributed by atoms with van der Waals surface area (Å²) in [4.78, 5) is 8.36. The van der Waals surface area contributed by atoms with Gasteiger partial charge in [0, 0.05) is 5.56 Å². The standard InChI is InChI=1S/C11H9N5O/c1-6-2-4-7(5-3-6)8-9(12)14-11-10(13-8)15-17-16-11/h2-5H,1H3,(H2,12,14,16). The highest BCUT2D eigenvalue weighted by Crippen LogP contribution is 2.23. The Kier molecular flexibility index (Phi) is 2.01. The number of rotatable bonds is 1. The van der Waals surface area contributed by atoms with Gasteiger partial charge in [0.1, 0.15) is 5.69 Å². The second-order valence-corrected chi connectivity index (χ2v) is 3.73. The largest absolute Gasteiger partial charge is 0.382 e. The number of aromatic nitrogens is 4. The normalized spacial score (nSPS) is 10.9. The molecule has 0 aliphatic carbocycles. The van der Waals surface area contributed by atoms with E-state index in [1.807, 2.05) is 31.2 Å². The minimum absolute atomic E-state index is 0.317. The van der Waals surface area contributed by atoms with Crippen LogP contribution in [0.4, 0.5) is 5.82 Å². The van der Waals surface area contributed by atoms with Crippen molar-refractivity contribution in [3.8, 4) is 11.3 Å². The lowest BCUT2D eigenvalue weighted by Crippen LogP contribution is -1.98. The Hall–Kier alpha value is -2.50. The van der Waals surface area contributed by atoms with Gasteiger partial charge in [0.05, 0.1) is 0 Å². The molecule has 3 aromatic rings. The molecule has 0 atom stereocenters. The molecule has 0 bridgehead atoms. The number of hydrogen-bond acceptors (Lipinski definition) is 6. The van der Waals surface area contributed by atoms with Crippen LogP contribution in [0.3, 0.4) is 0 Å². The van der Waals surface area contributed by atoms with Crippen LogP contribution in [0.1, 0.15) is 5.56 Å². The lowest BCUT2D eigenvalue weighted by atomic mass is 10.1. The molecule has 6 nitrogen and oxygen atoms in total. The summed E-state index contributed by atoms with van der Waals surface area (Å²) < 4.78 is 4.55. The minimum atomic E-state index is 0.317. The summed E-state index contributed by atoms with van der Waals surface area (Å²) in [5.74, 6) is 0.317. The zero-order valence-electron chi connectivity index (χ0n) is 9.08. The molecule has 0 spiro atoms. The molecule has 0 radical (unpaired) electrons. The van der Waals surface area contributed by atoms with Gasteiger partial charge in [-0.15, -0.1) is 0 Å². The van der Waals surface area contributed by atoms with Gasteiger partial charge in [0.25, 0.3) is 0 Å². The van der Waals surface area contributed by atoms with Crippen molar-refractivity contribution < 1.29 is 4.63 Å². The van der Waals surface area contributed by atoms with Gasteiger partial charge < -0.3 is 5.73 Å². The van der Waals surface area contributed by atoms with Gasteiger partial charge in [-0.05, 0) is 17.2 Å². The maximum atomic E-state index is 5.83. The predicted molar refractivity (Wildman–Crippen MR) is 62.0 cm³/mol. The SMILES string of the molecule is Cc1ccc(-c2nc3nonc3nc2N)cc1. The Morgan fingerprint density at radius 3 is 2.35 bits per heavy atom. The summed E-state index contributed by atoms with van der Waals surface area (Å²) in [6.45, 7) is 2.02. The Morgan fingerprint density at radius 1 is 1.00 bits per heavy atom. The second-order valence-electron chi connectivity index (χ2n) is 3.73. The molecule has 3 rings (SSSR count). The molecule has 2 aromatic heterocycles. The van der Waals surface area contributed by atoms with E-state index in [0.29, 0.717) is 22.8 Å². The third kappa shape index (κ3) is 1.59. The molecular formula is C11H9N5O. The molecule has 1 aromatic carbocycles. The Morgan fingerprint density at radius 2 is 1.65 bits per heavy atom. The zero-order chi connectivity index (χ0) is 11.8. The summed E-state index contributed by atoms with van der Waals surface area (Å²) in [6.07, 6.45) is 0. The van der Waals surface area contributed by atoms with Gasteiger partial charge in [-0.25, -0.2) is 14.6 Å². The average Bonchev–Trinajstić information content (AvgIpc) is 2.76. The smallest absolute Gasteiger partial charge is 0.245 e. The summed E-state index contributed by atoms with van der Waals surface area (Å²) in [5.41, 5.74) is 9.16. The van der Waals surface area contributed by atoms with Crippen molar-refractivity contribution in [1.82, 2.24) is 20.3 Å². The highest BCUT2D eigenvalue weighted by atomic mass is 16.6. The van der Waals surface area contributed by atoms with E-state index in [2.05, 4.69) is 24.9 Å². The first-order valence-electron chi connectivity index (χ1n) is 5.07. The number of nitrogen functional groups attached to an aromatic ring is 1. The topological polar surface area (TPSA) is 90.7 Å². The van der Waals surface area contributed by atoms with E-state index in [1.165, 1.54) is 5.56 Å². The lowest BCUT2D eigenvalue weighted by molar-refractivity contribution is 0.314. The first-order chi connectivity index (χ1) is 8.24. The van der Waals surface area contributed by atoms with E-state index in [0.717, 1.165) is 5.56 Å². The van der Waals surface area contributed by atoms with Crippen LogP contribution in [-0.2, 0) is 0 Å². The molecule has 84 valence electrons. The number of aryl methyl sites for hydroxylation is 1. The van der Waals surface area contributed by atoms with Crippen LogP contribution in [0.5, 0.6) is 0 Å². The number of nitrogens with zero attached hydrogens (tertiary/aromatic N) is 4. The molecule has 2 heterocycles. The predicted octanol–water partition coefficient (Wildman–Crippen LogP) is 1.57. The molecule has 0 aliphatic rings. The van der Waals surface area contributed by atoms with Crippen molar-refractivity contribution >= 4 is 17.1 Å². The maximum Gasteiger partial charge on any atom is 0.245 e. The van der Waals surface area contributed by atoms with E-state index in [-0.39, 0.29) is 0 Å². The van der Waals surface area contributed by atoms with Crippen LogP contribution >= 0.6 is 0 Å². The van der Waals surface area contributed by atoms with Gasteiger partial charge in [-0.3, -0.25) is 0 Å². The fourth-order valence-electron chi connectivity index (χ4n) is 1.57. The van der Waals surface area contributed by atoms with E-state index in [9.17, 15) is 0 Å². The molecule has 0 aliphatic heterocycles.